The lowest BCUT2D eigenvalue weighted by molar-refractivity contribution is 0.0931. The first kappa shape index (κ1) is 16.6. The number of carbonyl (C=O) groups excluding carboxylic acids is 1. The van der Waals surface area contributed by atoms with Crippen molar-refractivity contribution in [1.29, 1.82) is 0 Å². The first-order chi connectivity index (χ1) is 12.7. The summed E-state index contributed by atoms with van der Waals surface area (Å²) in [6, 6.07) is 15.6. The van der Waals surface area contributed by atoms with Gasteiger partial charge in [-0.05, 0) is 49.4 Å². The smallest absolute Gasteiger partial charge is 0.257 e. The average Bonchev–Trinajstić information content (AvgIpc) is 2.69. The first-order valence-corrected chi connectivity index (χ1v) is 9.20. The number of amides is 1. The van der Waals surface area contributed by atoms with Crippen molar-refractivity contribution in [2.45, 2.75) is 38.8 Å². The molecule has 1 amide bonds. The van der Waals surface area contributed by atoms with Crippen molar-refractivity contribution in [3.05, 3.63) is 81.6 Å². The van der Waals surface area contributed by atoms with Gasteiger partial charge >= 0.3 is 0 Å². The number of aryl methyl sites for hydroxylation is 2. The van der Waals surface area contributed by atoms with Crippen molar-refractivity contribution in [3.8, 4) is 0 Å². The average molecular weight is 346 g/mol. The number of nitrogens with zero attached hydrogens (tertiary/aromatic N) is 1. The number of pyridine rings is 1. The summed E-state index contributed by atoms with van der Waals surface area (Å²) in [5.41, 5.74) is 3.33. The monoisotopic (exact) mass is 346 g/mol. The molecule has 1 aliphatic rings. The summed E-state index contributed by atoms with van der Waals surface area (Å²) >= 11 is 0. The van der Waals surface area contributed by atoms with Crippen LogP contribution in [0.15, 0.2) is 59.5 Å². The van der Waals surface area contributed by atoms with Gasteiger partial charge in [-0.15, -0.1) is 0 Å². The number of aromatic nitrogens is 1. The molecule has 3 aromatic rings. The van der Waals surface area contributed by atoms with Gasteiger partial charge in [0.25, 0.3) is 5.91 Å². The van der Waals surface area contributed by atoms with Gasteiger partial charge in [-0.1, -0.05) is 36.4 Å². The first-order valence-electron chi connectivity index (χ1n) is 9.20. The zero-order valence-electron chi connectivity index (χ0n) is 14.9. The second-order valence-corrected chi connectivity index (χ2v) is 6.79. The number of para-hydroxylation sites is 1. The van der Waals surface area contributed by atoms with Gasteiger partial charge in [0, 0.05) is 18.1 Å². The van der Waals surface area contributed by atoms with Gasteiger partial charge in [0.1, 0.15) is 5.56 Å². The van der Waals surface area contributed by atoms with Crippen LogP contribution >= 0.6 is 0 Å². The van der Waals surface area contributed by atoms with Crippen LogP contribution in [0.3, 0.4) is 0 Å². The molecule has 132 valence electrons. The molecule has 2 aromatic carbocycles. The van der Waals surface area contributed by atoms with Crippen molar-refractivity contribution in [3.63, 3.8) is 0 Å². The normalized spacial score (nSPS) is 16.3. The summed E-state index contributed by atoms with van der Waals surface area (Å²) in [5.74, 6) is -0.287. The predicted octanol–water partition coefficient (Wildman–Crippen LogP) is 3.83. The van der Waals surface area contributed by atoms with Gasteiger partial charge in [-0.3, -0.25) is 9.59 Å². The number of hydrogen-bond donors (Lipinski definition) is 1. The van der Waals surface area contributed by atoms with E-state index in [0.29, 0.717) is 11.9 Å². The fourth-order valence-corrected chi connectivity index (χ4v) is 3.91. The van der Waals surface area contributed by atoms with Gasteiger partial charge in [0.2, 0.25) is 5.43 Å². The molecule has 1 N–H and O–H groups in total. The Hall–Kier alpha value is -2.88. The molecule has 0 aliphatic heterocycles. The highest BCUT2D eigenvalue weighted by atomic mass is 16.2. The van der Waals surface area contributed by atoms with Crippen LogP contribution in [0.4, 0.5) is 0 Å². The Morgan fingerprint density at radius 3 is 2.77 bits per heavy atom. The summed E-state index contributed by atoms with van der Waals surface area (Å²) in [6.07, 6.45) is 4.67. The van der Waals surface area contributed by atoms with E-state index >= 15 is 0 Å². The molecule has 4 nitrogen and oxygen atoms in total. The Morgan fingerprint density at radius 1 is 1.15 bits per heavy atom. The maximum Gasteiger partial charge on any atom is 0.257 e. The van der Waals surface area contributed by atoms with Gasteiger partial charge in [-0.2, -0.15) is 0 Å². The van der Waals surface area contributed by atoms with E-state index in [-0.39, 0.29) is 22.9 Å². The van der Waals surface area contributed by atoms with Crippen LogP contribution in [0.5, 0.6) is 0 Å². The van der Waals surface area contributed by atoms with Crippen LogP contribution in [0.1, 0.15) is 47.3 Å². The molecule has 4 rings (SSSR count). The number of hydrogen-bond acceptors (Lipinski definition) is 2. The van der Waals surface area contributed by atoms with Crippen molar-refractivity contribution >= 4 is 16.8 Å². The molecule has 0 radical (unpaired) electrons. The number of fused-ring (bicyclic) bond motifs is 2. The highest BCUT2D eigenvalue weighted by Gasteiger charge is 2.23. The quantitative estimate of drug-likeness (QED) is 0.784. The second kappa shape index (κ2) is 6.79. The fraction of sp³-hybridized carbons (Fsp3) is 0.273. The molecule has 0 fully saturated rings. The minimum atomic E-state index is -0.287. The Morgan fingerprint density at radius 2 is 1.92 bits per heavy atom. The molecular weight excluding hydrogens is 324 g/mol. The van der Waals surface area contributed by atoms with E-state index in [1.54, 1.807) is 12.3 Å². The number of benzene rings is 2. The van der Waals surface area contributed by atoms with Crippen LogP contribution in [0, 0.1) is 0 Å². The van der Waals surface area contributed by atoms with Gasteiger partial charge in [0.05, 0.1) is 11.6 Å². The van der Waals surface area contributed by atoms with Gasteiger partial charge in [-0.25, -0.2) is 0 Å². The summed E-state index contributed by atoms with van der Waals surface area (Å²) in [7, 11) is 0. The lowest BCUT2D eigenvalue weighted by Crippen LogP contribution is -2.34. The predicted molar refractivity (Wildman–Crippen MR) is 103 cm³/mol. The number of carbonyl (C=O) groups is 1. The van der Waals surface area contributed by atoms with E-state index in [2.05, 4.69) is 17.4 Å². The summed E-state index contributed by atoms with van der Waals surface area (Å²) < 4.78 is 1.96. The Labute approximate surface area is 152 Å². The number of rotatable bonds is 3. The van der Waals surface area contributed by atoms with Crippen LogP contribution < -0.4 is 10.7 Å². The maximum absolute atomic E-state index is 12.9. The van der Waals surface area contributed by atoms with Crippen molar-refractivity contribution in [2.24, 2.45) is 0 Å². The Bertz CT molecular complexity index is 1040. The van der Waals surface area contributed by atoms with Crippen molar-refractivity contribution in [1.82, 2.24) is 9.88 Å². The van der Waals surface area contributed by atoms with Gasteiger partial charge in [0.15, 0.2) is 0 Å². The third kappa shape index (κ3) is 2.81. The molecular formula is C22H22N2O2. The van der Waals surface area contributed by atoms with Crippen LogP contribution in [0.2, 0.25) is 0 Å². The molecule has 1 aliphatic carbocycles. The lowest BCUT2D eigenvalue weighted by atomic mass is 9.87. The third-order valence-electron chi connectivity index (χ3n) is 5.25. The maximum atomic E-state index is 12.9. The summed E-state index contributed by atoms with van der Waals surface area (Å²) in [6.45, 7) is 2.71. The highest BCUT2D eigenvalue weighted by molar-refractivity contribution is 5.97. The molecule has 1 heterocycles. The molecule has 4 heteroatoms. The fourth-order valence-electron chi connectivity index (χ4n) is 3.91. The molecule has 0 bridgehead atoms. The highest BCUT2D eigenvalue weighted by Crippen LogP contribution is 2.29. The van der Waals surface area contributed by atoms with E-state index in [4.69, 9.17) is 0 Å². The Kier molecular flexibility index (Phi) is 4.33. The van der Waals surface area contributed by atoms with Crippen LogP contribution in [-0.2, 0) is 13.0 Å². The van der Waals surface area contributed by atoms with Crippen LogP contribution in [0.25, 0.3) is 10.9 Å². The van der Waals surface area contributed by atoms with E-state index < -0.39 is 0 Å². The molecule has 1 aromatic heterocycles. The van der Waals surface area contributed by atoms with E-state index in [1.807, 2.05) is 41.8 Å². The van der Waals surface area contributed by atoms with E-state index in [0.717, 1.165) is 24.8 Å². The molecule has 0 spiro atoms. The largest absolute Gasteiger partial charge is 0.347 e. The molecule has 1 atom stereocenters. The minimum Gasteiger partial charge on any atom is -0.347 e. The topological polar surface area (TPSA) is 51.1 Å². The second-order valence-electron chi connectivity index (χ2n) is 6.79. The molecule has 26 heavy (non-hydrogen) atoms. The zero-order chi connectivity index (χ0) is 18.1. The molecule has 0 saturated heterocycles. The van der Waals surface area contributed by atoms with E-state index in [9.17, 15) is 9.59 Å². The zero-order valence-corrected chi connectivity index (χ0v) is 14.9. The third-order valence-corrected chi connectivity index (χ3v) is 5.25. The summed E-state index contributed by atoms with van der Waals surface area (Å²) in [4.78, 5) is 25.8. The molecule has 0 saturated carbocycles. The molecule has 1 unspecified atom stereocenters. The van der Waals surface area contributed by atoms with Gasteiger partial charge < -0.3 is 9.88 Å². The van der Waals surface area contributed by atoms with Crippen LogP contribution in [-0.4, -0.2) is 10.5 Å². The summed E-state index contributed by atoms with van der Waals surface area (Å²) in [5, 5.41) is 3.68. The number of nitrogens with one attached hydrogen (secondary N) is 1. The van der Waals surface area contributed by atoms with Crippen molar-refractivity contribution < 1.29 is 4.79 Å². The SMILES string of the molecule is CCn1cc(C(=O)NC2CCCc3ccccc32)c(=O)c2ccccc21. The lowest BCUT2D eigenvalue weighted by Gasteiger charge is -2.26. The van der Waals surface area contributed by atoms with Crippen molar-refractivity contribution in [2.75, 3.05) is 0 Å². The standard InChI is InChI=1S/C22H22N2O2/c1-2-24-14-18(21(25)17-11-5-6-13-20(17)24)22(26)23-19-12-7-9-15-8-3-4-10-16(15)19/h3-6,8,10-11,13-14,19H,2,7,9,12H2,1H3,(H,23,26). The minimum absolute atomic E-state index is 0.0339. The van der Waals surface area contributed by atoms with E-state index in [1.165, 1.54) is 11.1 Å². The Balaban J connectivity index is 1.72.